The van der Waals surface area contributed by atoms with Crippen LogP contribution in [0.15, 0.2) is 72.8 Å². The lowest BCUT2D eigenvalue weighted by molar-refractivity contribution is -0.384. The molecule has 178 valence electrons. The number of amides is 2. The van der Waals surface area contributed by atoms with Gasteiger partial charge in [0.2, 0.25) is 5.91 Å². The number of hydroxylamine groups is 1. The summed E-state index contributed by atoms with van der Waals surface area (Å²) in [6.07, 6.45) is -1.04. The minimum atomic E-state index is -1.04. The molecule has 2 aliphatic heterocycles. The molecule has 0 unspecified atom stereocenters. The highest BCUT2D eigenvalue weighted by molar-refractivity contribution is 6.30. The van der Waals surface area contributed by atoms with Gasteiger partial charge in [-0.2, -0.15) is 0 Å². The summed E-state index contributed by atoms with van der Waals surface area (Å²) in [5, 5.41) is 13.1. The van der Waals surface area contributed by atoms with E-state index >= 15 is 0 Å². The maximum absolute atomic E-state index is 13.6. The number of nitro groups is 1. The van der Waals surface area contributed by atoms with Gasteiger partial charge in [-0.15, -0.1) is 0 Å². The Labute approximate surface area is 206 Å². The molecule has 0 bridgehead atoms. The molecule has 2 fully saturated rings. The number of fused-ring (bicyclic) bond motifs is 1. The fourth-order valence-corrected chi connectivity index (χ4v) is 4.64. The number of anilines is 3. The molecule has 0 saturated carbocycles. The lowest BCUT2D eigenvalue weighted by atomic mass is 9.90. The molecule has 3 atom stereocenters. The summed E-state index contributed by atoms with van der Waals surface area (Å²) in [4.78, 5) is 46.6. The van der Waals surface area contributed by atoms with Crippen LogP contribution in [0.4, 0.5) is 22.7 Å². The number of hydrogen-bond donors (Lipinski definition) is 0. The molecule has 5 rings (SSSR count). The quantitative estimate of drug-likeness (QED) is 0.296. The highest BCUT2D eigenvalue weighted by Gasteiger charge is 2.60. The summed E-state index contributed by atoms with van der Waals surface area (Å²) in [5.41, 5.74) is 2.60. The van der Waals surface area contributed by atoms with Crippen molar-refractivity contribution in [1.29, 1.82) is 0 Å². The standard InChI is InChI=1S/C25H21ClN4O5/c1-27(2)17-7-3-15(4-8-17)22-21-23(35-29(22)19-9-5-16(26)6-10-19)25(32)28(24(21)31)18-11-13-20(14-12-18)30(33)34/h3-14,21-23H,1-2H3/t21-,22+,23+/m0/s1. The monoisotopic (exact) mass is 492 g/mol. The van der Waals surface area contributed by atoms with E-state index < -0.39 is 34.8 Å². The first-order chi connectivity index (χ1) is 16.8. The summed E-state index contributed by atoms with van der Waals surface area (Å²) >= 11 is 6.06. The van der Waals surface area contributed by atoms with Crippen LogP contribution in [0.25, 0.3) is 0 Å². The van der Waals surface area contributed by atoms with Crippen LogP contribution in [0, 0.1) is 16.0 Å². The van der Waals surface area contributed by atoms with Crippen molar-refractivity contribution < 1.29 is 19.3 Å². The van der Waals surface area contributed by atoms with E-state index in [-0.39, 0.29) is 11.4 Å². The molecule has 3 aromatic rings. The van der Waals surface area contributed by atoms with Crippen LogP contribution in [-0.2, 0) is 14.4 Å². The van der Waals surface area contributed by atoms with Crippen molar-refractivity contribution in [1.82, 2.24) is 0 Å². The topological polar surface area (TPSA) is 96.2 Å². The largest absolute Gasteiger partial charge is 0.378 e. The Hall–Kier alpha value is -3.95. The number of benzene rings is 3. The molecule has 35 heavy (non-hydrogen) atoms. The molecule has 0 aliphatic carbocycles. The number of halogens is 1. The van der Waals surface area contributed by atoms with Crippen molar-refractivity contribution in [3.8, 4) is 0 Å². The van der Waals surface area contributed by atoms with Gasteiger partial charge in [-0.3, -0.25) is 24.5 Å². The number of nitro benzene ring substituents is 1. The maximum Gasteiger partial charge on any atom is 0.269 e. The first kappa shape index (κ1) is 22.8. The van der Waals surface area contributed by atoms with Crippen LogP contribution >= 0.6 is 11.6 Å². The van der Waals surface area contributed by atoms with Crippen molar-refractivity contribution in [3.63, 3.8) is 0 Å². The zero-order valence-corrected chi connectivity index (χ0v) is 19.6. The van der Waals surface area contributed by atoms with Gasteiger partial charge in [0.1, 0.15) is 5.92 Å². The van der Waals surface area contributed by atoms with E-state index in [9.17, 15) is 19.7 Å². The molecule has 0 spiro atoms. The van der Waals surface area contributed by atoms with Crippen molar-refractivity contribution >= 4 is 46.2 Å². The van der Waals surface area contributed by atoms with Gasteiger partial charge in [-0.05, 0) is 54.1 Å². The molecule has 9 nitrogen and oxygen atoms in total. The van der Waals surface area contributed by atoms with Gasteiger partial charge in [0.15, 0.2) is 6.10 Å². The summed E-state index contributed by atoms with van der Waals surface area (Å²) in [5.74, 6) is -1.74. The Kier molecular flexibility index (Phi) is 5.66. The maximum atomic E-state index is 13.6. The van der Waals surface area contributed by atoms with Crippen molar-refractivity contribution in [2.45, 2.75) is 12.1 Å². The fraction of sp³-hybridized carbons (Fsp3) is 0.200. The summed E-state index contributed by atoms with van der Waals surface area (Å²) in [6, 6.07) is 19.4. The van der Waals surface area contributed by atoms with Crippen LogP contribution in [0.1, 0.15) is 11.6 Å². The number of nitrogens with zero attached hydrogens (tertiary/aromatic N) is 4. The molecule has 3 aromatic carbocycles. The highest BCUT2D eigenvalue weighted by atomic mass is 35.5. The lowest BCUT2D eigenvalue weighted by Crippen LogP contribution is -2.37. The summed E-state index contributed by atoms with van der Waals surface area (Å²) in [6.45, 7) is 0. The van der Waals surface area contributed by atoms with E-state index in [1.54, 1.807) is 29.3 Å². The Balaban J connectivity index is 1.54. The van der Waals surface area contributed by atoms with Gasteiger partial charge in [-0.1, -0.05) is 23.7 Å². The van der Waals surface area contributed by atoms with Crippen molar-refractivity contribution in [3.05, 3.63) is 93.5 Å². The van der Waals surface area contributed by atoms with Gasteiger partial charge >= 0.3 is 0 Å². The SMILES string of the molecule is CN(C)c1ccc([C@@H]2[C@@H]3C(=O)N(c4ccc([N+](=O)[O-])cc4)C(=O)[C@@H]3ON2c2ccc(Cl)cc2)cc1. The molecule has 10 heteroatoms. The first-order valence-electron chi connectivity index (χ1n) is 10.9. The predicted octanol–water partition coefficient (Wildman–Crippen LogP) is 4.37. The van der Waals surface area contributed by atoms with Crippen LogP contribution in [-0.4, -0.2) is 36.9 Å². The number of rotatable bonds is 5. The third-order valence-corrected chi connectivity index (χ3v) is 6.52. The third kappa shape index (κ3) is 3.88. The van der Waals surface area contributed by atoms with E-state index in [2.05, 4.69) is 0 Å². The molecular weight excluding hydrogens is 472 g/mol. The smallest absolute Gasteiger partial charge is 0.269 e. The lowest BCUT2D eigenvalue weighted by Gasteiger charge is -2.29. The molecule has 0 radical (unpaired) electrons. The summed E-state index contributed by atoms with van der Waals surface area (Å²) in [7, 11) is 3.87. The Morgan fingerprint density at radius 2 is 1.49 bits per heavy atom. The van der Waals surface area contributed by atoms with Gasteiger partial charge in [-0.25, -0.2) is 9.96 Å². The zero-order chi connectivity index (χ0) is 24.9. The molecule has 2 heterocycles. The first-order valence-corrected chi connectivity index (χ1v) is 11.2. The van der Waals surface area contributed by atoms with Crippen LogP contribution in [0.2, 0.25) is 5.02 Å². The van der Waals surface area contributed by atoms with E-state index in [0.29, 0.717) is 10.7 Å². The van der Waals surface area contributed by atoms with E-state index in [1.165, 1.54) is 24.3 Å². The van der Waals surface area contributed by atoms with Crippen molar-refractivity contribution in [2.24, 2.45) is 5.92 Å². The van der Waals surface area contributed by atoms with Crippen LogP contribution < -0.4 is 14.9 Å². The zero-order valence-electron chi connectivity index (χ0n) is 18.9. The number of hydrogen-bond acceptors (Lipinski definition) is 7. The van der Waals surface area contributed by atoms with Gasteiger partial charge in [0.05, 0.1) is 22.3 Å². The van der Waals surface area contributed by atoms with E-state index in [0.717, 1.165) is 16.2 Å². The van der Waals surface area contributed by atoms with Crippen molar-refractivity contribution in [2.75, 3.05) is 29.0 Å². The minimum absolute atomic E-state index is 0.128. The minimum Gasteiger partial charge on any atom is -0.378 e. The third-order valence-electron chi connectivity index (χ3n) is 6.27. The highest BCUT2D eigenvalue weighted by Crippen LogP contribution is 2.48. The molecule has 0 N–H and O–H groups in total. The average Bonchev–Trinajstić information content (AvgIpc) is 3.35. The molecule has 2 saturated heterocycles. The molecule has 0 aromatic heterocycles. The molecule has 2 aliphatic rings. The van der Waals surface area contributed by atoms with Gasteiger partial charge in [0, 0.05) is 36.9 Å². The second-order valence-corrected chi connectivity index (χ2v) is 9.01. The second-order valence-electron chi connectivity index (χ2n) is 8.57. The number of carbonyl (C=O) groups excluding carboxylic acids is 2. The fourth-order valence-electron chi connectivity index (χ4n) is 4.51. The molecule has 2 amide bonds. The van der Waals surface area contributed by atoms with Gasteiger partial charge < -0.3 is 4.90 Å². The second kappa shape index (κ2) is 8.68. The average molecular weight is 493 g/mol. The van der Waals surface area contributed by atoms with E-state index in [1.807, 2.05) is 43.3 Å². The number of imide groups is 1. The number of non-ortho nitro benzene ring substituents is 1. The van der Waals surface area contributed by atoms with E-state index in [4.69, 9.17) is 16.4 Å². The Bertz CT molecular complexity index is 1290. The van der Waals surface area contributed by atoms with Crippen LogP contribution in [0.5, 0.6) is 0 Å². The molecular formula is C25H21ClN4O5. The normalized spacial score (nSPS) is 21.4. The van der Waals surface area contributed by atoms with Gasteiger partial charge in [0.25, 0.3) is 11.6 Å². The Morgan fingerprint density at radius 1 is 0.886 bits per heavy atom. The Morgan fingerprint density at radius 3 is 2.06 bits per heavy atom. The number of carbonyl (C=O) groups is 2. The van der Waals surface area contributed by atoms with Crippen LogP contribution in [0.3, 0.4) is 0 Å². The predicted molar refractivity (Wildman–Crippen MR) is 131 cm³/mol. The summed E-state index contributed by atoms with van der Waals surface area (Å²) < 4.78 is 0.